The van der Waals surface area contributed by atoms with Crippen molar-refractivity contribution in [2.45, 2.75) is 13.5 Å². The van der Waals surface area contributed by atoms with Crippen molar-refractivity contribution in [3.63, 3.8) is 0 Å². The van der Waals surface area contributed by atoms with Crippen LogP contribution in [0.5, 0.6) is 5.75 Å². The number of rotatable bonds is 5. The number of nitriles is 1. The first-order valence-electron chi connectivity index (χ1n) is 10.4. The maximum Gasteiger partial charge on any atom is 0.153 e. The number of hydrogen-bond acceptors (Lipinski definition) is 4. The molecule has 1 aromatic heterocycles. The molecule has 1 heterocycles. The summed E-state index contributed by atoms with van der Waals surface area (Å²) in [5, 5.41) is 9.03. The highest BCUT2D eigenvalue weighted by Crippen LogP contribution is 2.25. The summed E-state index contributed by atoms with van der Waals surface area (Å²) in [6.07, 6.45) is 3.88. The number of carbonyl (C=O) groups is 1. The normalized spacial score (nSPS) is 9.94. The summed E-state index contributed by atoms with van der Waals surface area (Å²) in [6, 6.07) is 25.3. The first-order chi connectivity index (χ1) is 16.2. The Kier molecular flexibility index (Phi) is 6.59. The molecule has 0 saturated carbocycles. The van der Waals surface area contributed by atoms with Crippen LogP contribution in [0.1, 0.15) is 38.2 Å². The largest absolute Gasteiger partial charge is 0.488 e. The van der Waals surface area contributed by atoms with Gasteiger partial charge >= 0.3 is 0 Å². The lowest BCUT2D eigenvalue weighted by atomic mass is 9.96. The number of nitrogens with zero attached hydrogens (tertiary/aromatic N) is 2. The Bertz CT molecular complexity index is 1410. The van der Waals surface area contributed by atoms with Gasteiger partial charge in [-0.3, -0.25) is 9.78 Å². The molecule has 0 saturated heterocycles. The molecular weight excluding hydrogens is 408 g/mol. The van der Waals surface area contributed by atoms with E-state index in [0.29, 0.717) is 16.9 Å². The topological polar surface area (TPSA) is 63.0 Å². The summed E-state index contributed by atoms with van der Waals surface area (Å²) < 4.78 is 5.86. The lowest BCUT2D eigenvalue weighted by Crippen LogP contribution is -2.00. The van der Waals surface area contributed by atoms with Crippen molar-refractivity contribution < 1.29 is 9.53 Å². The van der Waals surface area contributed by atoms with Crippen LogP contribution < -0.4 is 4.74 Å². The maximum atomic E-state index is 11.5. The fraction of sp³-hybridized carbons (Fsp3) is 0.0690. The Morgan fingerprint density at radius 3 is 2.58 bits per heavy atom. The Balaban J connectivity index is 1.59. The quantitative estimate of drug-likeness (QED) is 0.301. The van der Waals surface area contributed by atoms with E-state index in [1.165, 1.54) is 6.20 Å². The fourth-order valence-electron chi connectivity index (χ4n) is 3.46. The summed E-state index contributed by atoms with van der Waals surface area (Å²) in [4.78, 5) is 15.5. The van der Waals surface area contributed by atoms with Crippen molar-refractivity contribution in [1.29, 1.82) is 5.26 Å². The minimum absolute atomic E-state index is 0.193. The number of hydrogen-bond donors (Lipinski definition) is 0. The van der Waals surface area contributed by atoms with Crippen LogP contribution in [0, 0.1) is 30.1 Å². The third-order valence-electron chi connectivity index (χ3n) is 5.22. The van der Waals surface area contributed by atoms with Crippen LogP contribution in [0.2, 0.25) is 0 Å². The number of pyridine rings is 1. The molecule has 0 aliphatic heterocycles. The van der Waals surface area contributed by atoms with Crippen LogP contribution in [0.25, 0.3) is 11.1 Å². The van der Waals surface area contributed by atoms with Gasteiger partial charge in [0.2, 0.25) is 0 Å². The van der Waals surface area contributed by atoms with Gasteiger partial charge in [-0.2, -0.15) is 5.26 Å². The lowest BCUT2D eigenvalue weighted by Gasteiger charge is -2.09. The third kappa shape index (κ3) is 5.15. The lowest BCUT2D eigenvalue weighted by molar-refractivity contribution is 0.111. The molecule has 0 spiro atoms. The first-order valence-corrected chi connectivity index (χ1v) is 10.4. The van der Waals surface area contributed by atoms with Gasteiger partial charge < -0.3 is 4.74 Å². The summed E-state index contributed by atoms with van der Waals surface area (Å²) in [6.45, 7) is 2.26. The second-order valence-corrected chi connectivity index (χ2v) is 7.45. The molecule has 158 valence electrons. The van der Waals surface area contributed by atoms with Crippen molar-refractivity contribution >= 4 is 6.29 Å². The smallest absolute Gasteiger partial charge is 0.153 e. The highest BCUT2D eigenvalue weighted by Gasteiger charge is 2.07. The zero-order valence-electron chi connectivity index (χ0n) is 18.1. The van der Waals surface area contributed by atoms with Crippen molar-refractivity contribution in [3.8, 4) is 34.8 Å². The second-order valence-electron chi connectivity index (χ2n) is 7.45. The van der Waals surface area contributed by atoms with E-state index in [2.05, 4.69) is 48.0 Å². The average Bonchev–Trinajstić information content (AvgIpc) is 2.87. The van der Waals surface area contributed by atoms with E-state index in [1.807, 2.05) is 30.3 Å². The maximum absolute atomic E-state index is 11.5. The van der Waals surface area contributed by atoms with Gasteiger partial charge in [0.25, 0.3) is 0 Å². The van der Waals surface area contributed by atoms with Crippen LogP contribution in [0.15, 0.2) is 85.2 Å². The summed E-state index contributed by atoms with van der Waals surface area (Å²) >= 11 is 0. The van der Waals surface area contributed by atoms with Gasteiger partial charge in [-0.15, -0.1) is 0 Å². The molecule has 4 rings (SSSR count). The Labute approximate surface area is 193 Å². The SMILES string of the molecule is Cc1c(C#Cc2ccc(C=O)c(OCc3cncc(C#N)c3)c2)cccc1-c1ccccc1. The standard InChI is InChI=1S/C29H20N2O2/c1-21-25(8-5-9-28(21)26-6-3-2-4-7-26)12-10-22-11-13-27(19-32)29(15-22)33-20-24-14-23(16-30)17-31-18-24/h2-9,11,13-15,17-19H,20H2,1H3. The number of aldehydes is 1. The molecular formula is C29H20N2O2. The van der Waals surface area contributed by atoms with Crippen molar-refractivity contribution in [2.75, 3.05) is 0 Å². The van der Waals surface area contributed by atoms with E-state index in [0.717, 1.165) is 39.7 Å². The molecule has 4 aromatic rings. The van der Waals surface area contributed by atoms with Crippen LogP contribution in [-0.2, 0) is 6.61 Å². The van der Waals surface area contributed by atoms with Gasteiger partial charge in [0.05, 0.1) is 11.1 Å². The highest BCUT2D eigenvalue weighted by molar-refractivity contribution is 5.80. The summed E-state index contributed by atoms with van der Waals surface area (Å²) in [7, 11) is 0. The van der Waals surface area contributed by atoms with Crippen molar-refractivity contribution in [1.82, 2.24) is 4.98 Å². The van der Waals surface area contributed by atoms with Crippen LogP contribution in [-0.4, -0.2) is 11.3 Å². The molecule has 33 heavy (non-hydrogen) atoms. The summed E-state index contributed by atoms with van der Waals surface area (Å²) in [5.74, 6) is 6.88. The van der Waals surface area contributed by atoms with E-state index < -0.39 is 0 Å². The average molecular weight is 428 g/mol. The van der Waals surface area contributed by atoms with Crippen molar-refractivity contribution in [3.05, 3.63) is 119 Å². The molecule has 3 aromatic carbocycles. The van der Waals surface area contributed by atoms with Crippen LogP contribution >= 0.6 is 0 Å². The Hall–Kier alpha value is -4.67. The molecule has 4 nitrogen and oxygen atoms in total. The van der Waals surface area contributed by atoms with Gasteiger partial charge in [0.15, 0.2) is 6.29 Å². The molecule has 0 radical (unpaired) electrons. The second kappa shape index (κ2) is 10.1. The van der Waals surface area contributed by atoms with E-state index in [9.17, 15) is 4.79 Å². The third-order valence-corrected chi connectivity index (χ3v) is 5.22. The monoisotopic (exact) mass is 428 g/mol. The number of ether oxygens (including phenoxy) is 1. The predicted molar refractivity (Wildman–Crippen MR) is 128 cm³/mol. The first kappa shape index (κ1) is 21.6. The number of benzene rings is 3. The zero-order chi connectivity index (χ0) is 23.0. The predicted octanol–water partition coefficient (Wildman–Crippen LogP) is 5.72. The van der Waals surface area contributed by atoms with Crippen LogP contribution in [0.3, 0.4) is 0 Å². The Morgan fingerprint density at radius 1 is 0.939 bits per heavy atom. The summed E-state index contributed by atoms with van der Waals surface area (Å²) in [5.41, 5.74) is 6.74. The molecule has 0 atom stereocenters. The molecule has 0 N–H and O–H groups in total. The van der Waals surface area contributed by atoms with Crippen molar-refractivity contribution in [2.24, 2.45) is 0 Å². The van der Waals surface area contributed by atoms with Gasteiger partial charge in [-0.1, -0.05) is 54.3 Å². The van der Waals surface area contributed by atoms with Gasteiger partial charge in [0, 0.05) is 29.1 Å². The molecule has 0 aliphatic rings. The van der Waals surface area contributed by atoms with E-state index in [-0.39, 0.29) is 6.61 Å². The minimum Gasteiger partial charge on any atom is -0.488 e. The van der Waals surface area contributed by atoms with Crippen LogP contribution in [0.4, 0.5) is 0 Å². The minimum atomic E-state index is 0.193. The fourth-order valence-corrected chi connectivity index (χ4v) is 3.46. The molecule has 0 aliphatic carbocycles. The highest BCUT2D eigenvalue weighted by atomic mass is 16.5. The molecule has 0 bridgehead atoms. The van der Waals surface area contributed by atoms with E-state index in [1.54, 1.807) is 30.5 Å². The molecule has 4 heteroatoms. The van der Waals surface area contributed by atoms with E-state index in [4.69, 9.17) is 10.00 Å². The van der Waals surface area contributed by atoms with Gasteiger partial charge in [-0.25, -0.2) is 0 Å². The van der Waals surface area contributed by atoms with E-state index >= 15 is 0 Å². The van der Waals surface area contributed by atoms with Gasteiger partial charge in [-0.05, 0) is 53.9 Å². The molecule has 0 amide bonds. The van der Waals surface area contributed by atoms with Gasteiger partial charge in [0.1, 0.15) is 18.4 Å². The zero-order valence-corrected chi connectivity index (χ0v) is 18.1. The molecule has 0 fully saturated rings. The number of carbonyl (C=O) groups excluding carboxylic acids is 1. The Morgan fingerprint density at radius 2 is 1.79 bits per heavy atom. The number of aromatic nitrogens is 1. The molecule has 0 unspecified atom stereocenters.